The van der Waals surface area contributed by atoms with Gasteiger partial charge < -0.3 is 14.7 Å². The second-order valence-corrected chi connectivity index (χ2v) is 4.54. The van der Waals surface area contributed by atoms with Crippen LogP contribution in [-0.2, 0) is 6.42 Å². The molecule has 0 saturated heterocycles. The summed E-state index contributed by atoms with van der Waals surface area (Å²) < 4.78 is 10.4. The highest BCUT2D eigenvalue weighted by molar-refractivity contribution is 5.44. The molecule has 0 spiro atoms. The Morgan fingerprint density at radius 2 is 1.95 bits per heavy atom. The van der Waals surface area contributed by atoms with Crippen molar-refractivity contribution in [3.63, 3.8) is 0 Å². The molecule has 0 aliphatic heterocycles. The molecule has 5 nitrogen and oxygen atoms in total. The van der Waals surface area contributed by atoms with Gasteiger partial charge >= 0.3 is 0 Å². The number of aromatic nitrogens is 2. The van der Waals surface area contributed by atoms with Crippen LogP contribution in [0.4, 0.5) is 0 Å². The van der Waals surface area contributed by atoms with Gasteiger partial charge in [-0.05, 0) is 24.1 Å². The molecule has 2 heterocycles. The van der Waals surface area contributed by atoms with E-state index >= 15 is 0 Å². The summed E-state index contributed by atoms with van der Waals surface area (Å²) >= 11 is 0. The molecule has 0 fully saturated rings. The third kappa shape index (κ3) is 2.78. The quantitative estimate of drug-likeness (QED) is 0.770. The molecule has 5 heteroatoms. The van der Waals surface area contributed by atoms with E-state index in [-0.39, 0.29) is 6.04 Å². The summed E-state index contributed by atoms with van der Waals surface area (Å²) in [5, 5.41) is 3.89. The van der Waals surface area contributed by atoms with Gasteiger partial charge in [-0.2, -0.15) is 4.98 Å². The normalized spacial score (nSPS) is 12.4. The van der Waals surface area contributed by atoms with Crippen molar-refractivity contribution >= 4 is 0 Å². The minimum Gasteiger partial charge on any atom is -0.461 e. The average Bonchev–Trinajstić information content (AvgIpc) is 3.16. The van der Waals surface area contributed by atoms with Crippen LogP contribution in [0.5, 0.6) is 0 Å². The molecule has 0 amide bonds. The smallest absolute Gasteiger partial charge is 0.238 e. The van der Waals surface area contributed by atoms with Gasteiger partial charge in [0, 0.05) is 12.5 Å². The predicted octanol–water partition coefficient (Wildman–Crippen LogP) is 2.96. The van der Waals surface area contributed by atoms with Crippen molar-refractivity contribution < 1.29 is 8.94 Å². The first-order chi connectivity index (χ1) is 9.83. The lowest BCUT2D eigenvalue weighted by atomic mass is 10.0. The number of furan rings is 1. The highest BCUT2D eigenvalue weighted by atomic mass is 16.5. The summed E-state index contributed by atoms with van der Waals surface area (Å²) in [6.45, 7) is 0. The molecular formula is C15H15N3O2. The largest absolute Gasteiger partial charge is 0.461 e. The molecule has 3 aromatic rings. The Kier molecular flexibility index (Phi) is 3.60. The van der Waals surface area contributed by atoms with Crippen molar-refractivity contribution in [2.45, 2.75) is 18.9 Å². The van der Waals surface area contributed by atoms with Crippen LogP contribution in [-0.4, -0.2) is 10.1 Å². The van der Waals surface area contributed by atoms with Crippen molar-refractivity contribution in [2.75, 3.05) is 0 Å². The molecule has 2 N–H and O–H groups in total. The van der Waals surface area contributed by atoms with Crippen LogP contribution >= 0.6 is 0 Å². The van der Waals surface area contributed by atoms with E-state index in [0.29, 0.717) is 23.9 Å². The fraction of sp³-hybridized carbons (Fsp3) is 0.200. The van der Waals surface area contributed by atoms with Gasteiger partial charge in [0.15, 0.2) is 5.76 Å². The van der Waals surface area contributed by atoms with Crippen LogP contribution in [0, 0.1) is 0 Å². The monoisotopic (exact) mass is 269 g/mol. The highest BCUT2D eigenvalue weighted by Crippen LogP contribution is 2.19. The summed E-state index contributed by atoms with van der Waals surface area (Å²) in [6.07, 6.45) is 2.98. The van der Waals surface area contributed by atoms with Gasteiger partial charge in [-0.3, -0.25) is 0 Å². The molecule has 20 heavy (non-hydrogen) atoms. The second kappa shape index (κ2) is 5.71. The van der Waals surface area contributed by atoms with Gasteiger partial charge in [0.05, 0.1) is 6.26 Å². The zero-order valence-corrected chi connectivity index (χ0v) is 10.9. The van der Waals surface area contributed by atoms with E-state index in [4.69, 9.17) is 14.7 Å². The van der Waals surface area contributed by atoms with Crippen LogP contribution in [0.1, 0.15) is 23.9 Å². The molecule has 1 atom stereocenters. The molecule has 102 valence electrons. The predicted molar refractivity (Wildman–Crippen MR) is 73.7 cm³/mol. The SMILES string of the molecule is NC(CCc1nc(-c2ccco2)no1)c1ccccc1. The minimum absolute atomic E-state index is 0.0323. The van der Waals surface area contributed by atoms with Gasteiger partial charge in [0.25, 0.3) is 0 Å². The molecule has 2 aromatic heterocycles. The van der Waals surface area contributed by atoms with E-state index in [1.807, 2.05) is 30.3 Å². The van der Waals surface area contributed by atoms with Crippen molar-refractivity contribution in [1.82, 2.24) is 10.1 Å². The lowest BCUT2D eigenvalue weighted by Gasteiger charge is -2.09. The van der Waals surface area contributed by atoms with Crippen LogP contribution in [0.2, 0.25) is 0 Å². The summed E-state index contributed by atoms with van der Waals surface area (Å²) in [4.78, 5) is 4.29. The maximum Gasteiger partial charge on any atom is 0.238 e. The molecule has 0 radical (unpaired) electrons. The Morgan fingerprint density at radius 1 is 1.10 bits per heavy atom. The number of aryl methyl sites for hydroxylation is 1. The molecular weight excluding hydrogens is 254 g/mol. The first kappa shape index (κ1) is 12.6. The van der Waals surface area contributed by atoms with Gasteiger partial charge in [0.1, 0.15) is 0 Å². The Labute approximate surface area is 116 Å². The van der Waals surface area contributed by atoms with Crippen molar-refractivity contribution in [1.29, 1.82) is 0 Å². The summed E-state index contributed by atoms with van der Waals surface area (Å²) in [6, 6.07) is 13.5. The summed E-state index contributed by atoms with van der Waals surface area (Å²) in [5.41, 5.74) is 7.25. The van der Waals surface area contributed by atoms with E-state index in [2.05, 4.69) is 10.1 Å². The maximum absolute atomic E-state index is 6.14. The van der Waals surface area contributed by atoms with Crippen LogP contribution in [0.25, 0.3) is 11.6 Å². The topological polar surface area (TPSA) is 78.1 Å². The molecule has 0 saturated carbocycles. The van der Waals surface area contributed by atoms with Crippen LogP contribution < -0.4 is 5.73 Å². The molecule has 0 aliphatic carbocycles. The lowest BCUT2D eigenvalue weighted by Crippen LogP contribution is -2.11. The van der Waals surface area contributed by atoms with E-state index in [9.17, 15) is 0 Å². The Bertz CT molecular complexity index is 647. The van der Waals surface area contributed by atoms with E-state index in [0.717, 1.165) is 12.0 Å². The van der Waals surface area contributed by atoms with Crippen LogP contribution in [0.15, 0.2) is 57.7 Å². The summed E-state index contributed by atoms with van der Waals surface area (Å²) in [7, 11) is 0. The van der Waals surface area contributed by atoms with Gasteiger partial charge in [-0.25, -0.2) is 0 Å². The number of nitrogens with zero attached hydrogens (tertiary/aromatic N) is 2. The van der Waals surface area contributed by atoms with Crippen molar-refractivity contribution in [3.05, 3.63) is 60.2 Å². The Morgan fingerprint density at radius 3 is 2.70 bits per heavy atom. The zero-order valence-electron chi connectivity index (χ0n) is 10.9. The Balaban J connectivity index is 1.62. The average molecular weight is 269 g/mol. The van der Waals surface area contributed by atoms with E-state index in [1.165, 1.54) is 0 Å². The number of hydrogen-bond acceptors (Lipinski definition) is 5. The van der Waals surface area contributed by atoms with Gasteiger partial charge in [-0.15, -0.1) is 0 Å². The number of rotatable bonds is 5. The molecule has 0 bridgehead atoms. The van der Waals surface area contributed by atoms with E-state index in [1.54, 1.807) is 18.4 Å². The first-order valence-corrected chi connectivity index (χ1v) is 6.50. The number of benzene rings is 1. The second-order valence-electron chi connectivity index (χ2n) is 4.54. The third-order valence-corrected chi connectivity index (χ3v) is 3.11. The number of hydrogen-bond donors (Lipinski definition) is 1. The van der Waals surface area contributed by atoms with Gasteiger partial charge in [0.2, 0.25) is 11.7 Å². The Hall–Kier alpha value is -2.40. The van der Waals surface area contributed by atoms with Crippen molar-refractivity contribution in [3.8, 4) is 11.6 Å². The molecule has 0 aliphatic rings. The standard InChI is InChI=1S/C15H15N3O2/c16-12(11-5-2-1-3-6-11)8-9-14-17-15(18-20-14)13-7-4-10-19-13/h1-7,10,12H,8-9,16H2. The fourth-order valence-electron chi connectivity index (χ4n) is 2.01. The number of nitrogens with two attached hydrogens (primary N) is 1. The first-order valence-electron chi connectivity index (χ1n) is 6.50. The third-order valence-electron chi connectivity index (χ3n) is 3.11. The fourth-order valence-corrected chi connectivity index (χ4v) is 2.01. The van der Waals surface area contributed by atoms with Crippen LogP contribution in [0.3, 0.4) is 0 Å². The molecule has 3 rings (SSSR count). The zero-order chi connectivity index (χ0) is 13.8. The maximum atomic E-state index is 6.14. The van der Waals surface area contributed by atoms with Crippen molar-refractivity contribution in [2.24, 2.45) is 5.73 Å². The van der Waals surface area contributed by atoms with Gasteiger partial charge in [-0.1, -0.05) is 35.5 Å². The van der Waals surface area contributed by atoms with E-state index < -0.39 is 0 Å². The summed E-state index contributed by atoms with van der Waals surface area (Å²) in [5.74, 6) is 1.65. The minimum atomic E-state index is -0.0323. The molecule has 1 aromatic carbocycles. The molecule has 1 unspecified atom stereocenters. The highest BCUT2D eigenvalue weighted by Gasteiger charge is 2.12. The lowest BCUT2D eigenvalue weighted by molar-refractivity contribution is 0.371.